The molecule has 0 saturated heterocycles. The zero-order valence-corrected chi connectivity index (χ0v) is 11.5. The van der Waals surface area contributed by atoms with Gasteiger partial charge in [0.05, 0.1) is 0 Å². The molecule has 0 heterocycles. The third kappa shape index (κ3) is 3.45. The van der Waals surface area contributed by atoms with Crippen LogP contribution in [0.4, 0.5) is 0 Å². The van der Waals surface area contributed by atoms with Gasteiger partial charge in [0.25, 0.3) is 0 Å². The molecule has 2 rings (SSSR count). The summed E-state index contributed by atoms with van der Waals surface area (Å²) in [5.41, 5.74) is 6.45. The van der Waals surface area contributed by atoms with Gasteiger partial charge in [-0.3, -0.25) is 4.90 Å². The Hall–Kier alpha value is -0.0800. The van der Waals surface area contributed by atoms with Gasteiger partial charge in [0.2, 0.25) is 0 Å². The van der Waals surface area contributed by atoms with Crippen LogP contribution in [-0.2, 0) is 0 Å². The van der Waals surface area contributed by atoms with Crippen LogP contribution in [0.3, 0.4) is 0 Å². The smallest absolute Gasteiger partial charge is 0.0250 e. The van der Waals surface area contributed by atoms with E-state index in [0.717, 1.165) is 6.04 Å². The minimum Gasteiger partial charge on any atom is -0.326 e. The molecule has 2 heteroatoms. The second-order valence-corrected chi connectivity index (χ2v) is 5.99. The molecule has 0 aromatic heterocycles. The molecule has 2 fully saturated rings. The molecular weight excluding hydrogens is 208 g/mol. The van der Waals surface area contributed by atoms with E-state index in [1.165, 1.54) is 70.8 Å². The van der Waals surface area contributed by atoms with Crippen LogP contribution in [0.25, 0.3) is 0 Å². The fourth-order valence-corrected chi connectivity index (χ4v) is 3.90. The lowest BCUT2D eigenvalue weighted by Crippen LogP contribution is -2.51. The number of nitrogens with two attached hydrogens (primary N) is 1. The zero-order chi connectivity index (χ0) is 12.1. The molecule has 17 heavy (non-hydrogen) atoms. The van der Waals surface area contributed by atoms with Gasteiger partial charge in [-0.15, -0.1) is 0 Å². The van der Waals surface area contributed by atoms with Crippen molar-refractivity contribution >= 4 is 0 Å². The van der Waals surface area contributed by atoms with Crippen molar-refractivity contribution in [2.45, 2.75) is 89.3 Å². The molecule has 0 aromatic rings. The van der Waals surface area contributed by atoms with Crippen LogP contribution in [-0.4, -0.2) is 29.6 Å². The Balaban J connectivity index is 1.98. The van der Waals surface area contributed by atoms with E-state index in [9.17, 15) is 0 Å². The van der Waals surface area contributed by atoms with Gasteiger partial charge < -0.3 is 5.73 Å². The van der Waals surface area contributed by atoms with Crippen molar-refractivity contribution in [3.8, 4) is 0 Å². The van der Waals surface area contributed by atoms with Crippen LogP contribution < -0.4 is 5.73 Å². The third-order valence-corrected chi connectivity index (χ3v) is 4.87. The Labute approximate surface area is 107 Å². The molecule has 2 atom stereocenters. The summed E-state index contributed by atoms with van der Waals surface area (Å²) in [4.78, 5) is 2.75. The average molecular weight is 238 g/mol. The van der Waals surface area contributed by atoms with Crippen molar-refractivity contribution in [1.82, 2.24) is 4.90 Å². The van der Waals surface area contributed by atoms with Gasteiger partial charge in [-0.1, -0.05) is 45.4 Å². The van der Waals surface area contributed by atoms with Gasteiger partial charge in [-0.25, -0.2) is 0 Å². The maximum absolute atomic E-state index is 6.45. The summed E-state index contributed by atoms with van der Waals surface area (Å²) >= 11 is 0. The highest BCUT2D eigenvalue weighted by molar-refractivity contribution is 4.88. The second kappa shape index (κ2) is 6.75. The van der Waals surface area contributed by atoms with Gasteiger partial charge in [0.15, 0.2) is 0 Å². The maximum Gasteiger partial charge on any atom is 0.0250 e. The molecule has 2 nitrogen and oxygen atoms in total. The molecule has 2 unspecified atom stereocenters. The van der Waals surface area contributed by atoms with E-state index in [0.29, 0.717) is 12.1 Å². The van der Waals surface area contributed by atoms with Gasteiger partial charge in [0, 0.05) is 18.1 Å². The standard InChI is InChI=1S/C15H30N2/c1-2-17(13-9-7-8-10-13)15-12-6-4-3-5-11-14(15)16/h13-15H,2-12,16H2,1H3. The summed E-state index contributed by atoms with van der Waals surface area (Å²) < 4.78 is 0. The summed E-state index contributed by atoms with van der Waals surface area (Å²) in [6, 6.07) is 1.94. The maximum atomic E-state index is 6.45. The zero-order valence-electron chi connectivity index (χ0n) is 11.5. The Morgan fingerprint density at radius 3 is 2.12 bits per heavy atom. The lowest BCUT2D eigenvalue weighted by atomic mass is 9.90. The first-order chi connectivity index (χ1) is 8.33. The molecule has 2 aliphatic rings. The SMILES string of the molecule is CCN(C1CCCC1)C1CCCCCCC1N. The summed E-state index contributed by atoms with van der Waals surface area (Å²) in [6.45, 7) is 3.52. The summed E-state index contributed by atoms with van der Waals surface area (Å²) in [7, 11) is 0. The second-order valence-electron chi connectivity index (χ2n) is 5.99. The van der Waals surface area contributed by atoms with E-state index in [2.05, 4.69) is 11.8 Å². The van der Waals surface area contributed by atoms with Gasteiger partial charge >= 0.3 is 0 Å². The van der Waals surface area contributed by atoms with Crippen molar-refractivity contribution in [3.05, 3.63) is 0 Å². The minimum absolute atomic E-state index is 0.427. The fourth-order valence-electron chi connectivity index (χ4n) is 3.90. The van der Waals surface area contributed by atoms with Crippen molar-refractivity contribution in [1.29, 1.82) is 0 Å². The number of rotatable bonds is 3. The molecule has 100 valence electrons. The molecule has 0 amide bonds. The highest BCUT2D eigenvalue weighted by atomic mass is 15.2. The van der Waals surface area contributed by atoms with E-state index in [-0.39, 0.29) is 0 Å². The topological polar surface area (TPSA) is 29.3 Å². The van der Waals surface area contributed by atoms with Crippen molar-refractivity contribution < 1.29 is 0 Å². The third-order valence-electron chi connectivity index (χ3n) is 4.87. The summed E-state index contributed by atoms with van der Waals surface area (Å²) in [5, 5.41) is 0. The van der Waals surface area contributed by atoms with Crippen LogP contribution >= 0.6 is 0 Å². The minimum atomic E-state index is 0.427. The van der Waals surface area contributed by atoms with Gasteiger partial charge in [-0.05, 0) is 32.2 Å². The number of hydrogen-bond acceptors (Lipinski definition) is 2. The Bertz CT molecular complexity index is 211. The molecule has 0 spiro atoms. The van der Waals surface area contributed by atoms with E-state index in [1.807, 2.05) is 0 Å². The predicted octanol–water partition coefficient (Wildman–Crippen LogP) is 3.30. The number of likely N-dealkylation sites (N-methyl/N-ethyl adjacent to an activating group) is 1. The molecular formula is C15H30N2. The number of nitrogens with zero attached hydrogens (tertiary/aromatic N) is 1. The average Bonchev–Trinajstić information content (AvgIpc) is 2.82. The van der Waals surface area contributed by atoms with E-state index in [1.54, 1.807) is 0 Å². The quantitative estimate of drug-likeness (QED) is 0.817. The Morgan fingerprint density at radius 2 is 1.47 bits per heavy atom. The van der Waals surface area contributed by atoms with E-state index < -0.39 is 0 Å². The Morgan fingerprint density at radius 1 is 0.882 bits per heavy atom. The van der Waals surface area contributed by atoms with Crippen molar-refractivity contribution in [2.75, 3.05) is 6.54 Å². The molecule has 0 radical (unpaired) electrons. The van der Waals surface area contributed by atoms with Crippen molar-refractivity contribution in [2.24, 2.45) is 5.73 Å². The number of hydrogen-bond donors (Lipinski definition) is 1. The molecule has 0 aliphatic heterocycles. The lowest BCUT2D eigenvalue weighted by Gasteiger charge is -2.40. The normalized spacial score (nSPS) is 32.6. The Kier molecular flexibility index (Phi) is 5.30. The largest absolute Gasteiger partial charge is 0.326 e. The first-order valence-electron chi connectivity index (χ1n) is 7.84. The monoisotopic (exact) mass is 238 g/mol. The lowest BCUT2D eigenvalue weighted by molar-refractivity contribution is 0.106. The first-order valence-corrected chi connectivity index (χ1v) is 7.84. The van der Waals surface area contributed by atoms with E-state index in [4.69, 9.17) is 5.73 Å². The highest BCUT2D eigenvalue weighted by Gasteiger charge is 2.31. The molecule has 2 saturated carbocycles. The van der Waals surface area contributed by atoms with E-state index >= 15 is 0 Å². The fraction of sp³-hybridized carbons (Fsp3) is 1.00. The van der Waals surface area contributed by atoms with Crippen LogP contribution in [0.1, 0.15) is 71.1 Å². The van der Waals surface area contributed by atoms with Crippen molar-refractivity contribution in [3.63, 3.8) is 0 Å². The van der Waals surface area contributed by atoms with Crippen LogP contribution in [0.15, 0.2) is 0 Å². The predicted molar refractivity (Wildman–Crippen MR) is 74.1 cm³/mol. The molecule has 2 aliphatic carbocycles. The molecule has 0 aromatic carbocycles. The van der Waals surface area contributed by atoms with Crippen LogP contribution in [0.2, 0.25) is 0 Å². The summed E-state index contributed by atoms with van der Waals surface area (Å²) in [6.07, 6.45) is 13.8. The molecule has 2 N–H and O–H groups in total. The summed E-state index contributed by atoms with van der Waals surface area (Å²) in [5.74, 6) is 0. The van der Waals surface area contributed by atoms with Gasteiger partial charge in [-0.2, -0.15) is 0 Å². The van der Waals surface area contributed by atoms with Crippen LogP contribution in [0.5, 0.6) is 0 Å². The van der Waals surface area contributed by atoms with Gasteiger partial charge in [0.1, 0.15) is 0 Å². The highest BCUT2D eigenvalue weighted by Crippen LogP contribution is 2.29. The van der Waals surface area contributed by atoms with Crippen LogP contribution in [0, 0.1) is 0 Å². The molecule has 0 bridgehead atoms. The first kappa shape index (κ1) is 13.4.